The molecule has 1 unspecified atom stereocenters. The lowest BCUT2D eigenvalue weighted by Gasteiger charge is -2.17. The van der Waals surface area contributed by atoms with Crippen LogP contribution in [-0.2, 0) is 11.3 Å². The topological polar surface area (TPSA) is 73.6 Å². The highest BCUT2D eigenvalue weighted by atomic mass is 35.5. The zero-order valence-corrected chi connectivity index (χ0v) is 15.9. The summed E-state index contributed by atoms with van der Waals surface area (Å²) in [4.78, 5) is 12.5. The van der Waals surface area contributed by atoms with Crippen molar-refractivity contribution in [2.24, 2.45) is 0 Å². The molecule has 1 aliphatic heterocycles. The average molecular weight is 377 g/mol. The fourth-order valence-electron chi connectivity index (χ4n) is 2.86. The summed E-state index contributed by atoms with van der Waals surface area (Å²) in [5.74, 6) is 0.667. The third-order valence-corrected chi connectivity index (χ3v) is 4.35. The zero-order valence-electron chi connectivity index (χ0n) is 15.1. The molecule has 2 aromatic rings. The standard InChI is InChI=1S/C20H24N2O3.ClH/c1-13-3-5-15(19(9-13)25-17-7-8-24-12-17)11-22-20(23)18-10-16(21)6-4-14(18)2;/h3-6,9-10,17H,7-8,11-12,21H2,1-2H3,(H,22,23);1H. The molecule has 2 aromatic carbocycles. The molecule has 1 heterocycles. The van der Waals surface area contributed by atoms with Gasteiger partial charge < -0.3 is 20.5 Å². The molecule has 140 valence electrons. The molecule has 0 spiro atoms. The molecule has 1 amide bonds. The van der Waals surface area contributed by atoms with E-state index in [1.54, 1.807) is 12.1 Å². The van der Waals surface area contributed by atoms with E-state index < -0.39 is 0 Å². The average Bonchev–Trinajstić information content (AvgIpc) is 3.09. The Kier molecular flexibility index (Phi) is 6.89. The Morgan fingerprint density at radius 3 is 2.81 bits per heavy atom. The minimum Gasteiger partial charge on any atom is -0.488 e. The van der Waals surface area contributed by atoms with Gasteiger partial charge in [-0.25, -0.2) is 0 Å². The summed E-state index contributed by atoms with van der Waals surface area (Å²) in [5, 5.41) is 2.96. The summed E-state index contributed by atoms with van der Waals surface area (Å²) in [5.41, 5.74) is 9.94. The highest BCUT2D eigenvalue weighted by Gasteiger charge is 2.19. The molecular weight excluding hydrogens is 352 g/mol. The normalized spacial score (nSPS) is 16.0. The van der Waals surface area contributed by atoms with E-state index in [9.17, 15) is 4.79 Å². The molecule has 3 rings (SSSR count). The van der Waals surface area contributed by atoms with Gasteiger partial charge in [0.25, 0.3) is 5.91 Å². The van der Waals surface area contributed by atoms with E-state index in [1.165, 1.54) is 0 Å². The van der Waals surface area contributed by atoms with Crippen molar-refractivity contribution in [3.8, 4) is 5.75 Å². The molecular formula is C20H25ClN2O3. The fourth-order valence-corrected chi connectivity index (χ4v) is 2.86. The Morgan fingerprint density at radius 1 is 1.27 bits per heavy atom. The molecule has 5 nitrogen and oxygen atoms in total. The quantitative estimate of drug-likeness (QED) is 0.784. The van der Waals surface area contributed by atoms with Crippen molar-refractivity contribution in [1.29, 1.82) is 0 Å². The van der Waals surface area contributed by atoms with Gasteiger partial charge in [-0.2, -0.15) is 0 Å². The number of hydrogen-bond acceptors (Lipinski definition) is 4. The second-order valence-electron chi connectivity index (χ2n) is 6.47. The van der Waals surface area contributed by atoms with E-state index >= 15 is 0 Å². The molecule has 0 aromatic heterocycles. The van der Waals surface area contributed by atoms with Gasteiger partial charge in [0.05, 0.1) is 13.2 Å². The number of carbonyl (C=O) groups excluding carboxylic acids is 1. The van der Waals surface area contributed by atoms with E-state index in [2.05, 4.69) is 5.32 Å². The van der Waals surface area contributed by atoms with Crippen molar-refractivity contribution in [3.63, 3.8) is 0 Å². The first-order valence-electron chi connectivity index (χ1n) is 8.51. The van der Waals surface area contributed by atoms with Gasteiger partial charge in [-0.1, -0.05) is 18.2 Å². The summed E-state index contributed by atoms with van der Waals surface area (Å²) < 4.78 is 11.4. The molecule has 6 heteroatoms. The highest BCUT2D eigenvalue weighted by molar-refractivity contribution is 5.96. The van der Waals surface area contributed by atoms with Crippen LogP contribution in [-0.4, -0.2) is 25.2 Å². The number of nitrogens with two attached hydrogens (primary N) is 1. The SMILES string of the molecule is Cc1ccc(CNC(=O)c2cc(N)ccc2C)c(OC2CCOC2)c1.Cl. The van der Waals surface area contributed by atoms with Crippen LogP contribution in [0.4, 0.5) is 5.69 Å². The number of carbonyl (C=O) groups is 1. The van der Waals surface area contributed by atoms with Crippen LogP contribution in [0.5, 0.6) is 5.75 Å². The van der Waals surface area contributed by atoms with Crippen LogP contribution in [0.3, 0.4) is 0 Å². The number of ether oxygens (including phenoxy) is 2. The summed E-state index contributed by atoms with van der Waals surface area (Å²) in [7, 11) is 0. The van der Waals surface area contributed by atoms with Gasteiger partial charge in [0.1, 0.15) is 11.9 Å². The van der Waals surface area contributed by atoms with Crippen LogP contribution in [0.2, 0.25) is 0 Å². The number of amides is 1. The van der Waals surface area contributed by atoms with Gasteiger partial charge in [0, 0.05) is 29.8 Å². The number of hydrogen-bond donors (Lipinski definition) is 2. The van der Waals surface area contributed by atoms with Gasteiger partial charge in [0.15, 0.2) is 0 Å². The number of benzene rings is 2. The molecule has 1 atom stereocenters. The van der Waals surface area contributed by atoms with Crippen molar-refractivity contribution < 1.29 is 14.3 Å². The minimum atomic E-state index is -0.138. The number of nitrogens with one attached hydrogen (secondary N) is 1. The molecule has 1 fully saturated rings. The van der Waals surface area contributed by atoms with Gasteiger partial charge in [0.2, 0.25) is 0 Å². The smallest absolute Gasteiger partial charge is 0.251 e. The molecule has 3 N–H and O–H groups in total. The van der Waals surface area contributed by atoms with E-state index in [0.717, 1.165) is 35.5 Å². The number of aryl methyl sites for hydroxylation is 2. The lowest BCUT2D eigenvalue weighted by molar-refractivity contribution is 0.0949. The maximum Gasteiger partial charge on any atom is 0.251 e. The first-order chi connectivity index (χ1) is 12.0. The lowest BCUT2D eigenvalue weighted by atomic mass is 10.1. The van der Waals surface area contributed by atoms with Crippen LogP contribution in [0.25, 0.3) is 0 Å². The predicted octanol–water partition coefficient (Wildman–Crippen LogP) is 3.41. The lowest BCUT2D eigenvalue weighted by Crippen LogP contribution is -2.25. The van der Waals surface area contributed by atoms with Gasteiger partial charge >= 0.3 is 0 Å². The number of rotatable bonds is 5. The number of nitrogen functional groups attached to an aromatic ring is 1. The summed E-state index contributed by atoms with van der Waals surface area (Å²) in [6.07, 6.45) is 0.967. The van der Waals surface area contributed by atoms with E-state index in [-0.39, 0.29) is 24.4 Å². The van der Waals surface area contributed by atoms with E-state index in [1.807, 2.05) is 38.1 Å². The maximum atomic E-state index is 12.5. The summed E-state index contributed by atoms with van der Waals surface area (Å²) >= 11 is 0. The Hall–Kier alpha value is -2.24. The molecule has 1 saturated heterocycles. The first-order valence-corrected chi connectivity index (χ1v) is 8.51. The molecule has 1 aliphatic rings. The monoisotopic (exact) mass is 376 g/mol. The van der Waals surface area contributed by atoms with Crippen molar-refractivity contribution in [2.75, 3.05) is 18.9 Å². The molecule has 0 saturated carbocycles. The van der Waals surface area contributed by atoms with Crippen LogP contribution < -0.4 is 15.8 Å². The number of anilines is 1. The van der Waals surface area contributed by atoms with Crippen LogP contribution in [0.1, 0.15) is 33.5 Å². The third kappa shape index (κ3) is 4.90. The first kappa shape index (κ1) is 20.1. The molecule has 0 aliphatic carbocycles. The summed E-state index contributed by atoms with van der Waals surface area (Å²) in [6, 6.07) is 11.4. The van der Waals surface area contributed by atoms with Crippen molar-refractivity contribution in [2.45, 2.75) is 32.9 Å². The third-order valence-electron chi connectivity index (χ3n) is 4.35. The van der Waals surface area contributed by atoms with Gasteiger partial charge in [-0.05, 0) is 43.2 Å². The van der Waals surface area contributed by atoms with Crippen LogP contribution >= 0.6 is 12.4 Å². The molecule has 0 bridgehead atoms. The highest BCUT2D eigenvalue weighted by Crippen LogP contribution is 2.24. The van der Waals surface area contributed by atoms with Crippen molar-refractivity contribution in [1.82, 2.24) is 5.32 Å². The Labute approximate surface area is 160 Å². The minimum absolute atomic E-state index is 0. The second kappa shape index (κ2) is 8.92. The van der Waals surface area contributed by atoms with Crippen molar-refractivity contribution >= 4 is 24.0 Å². The molecule has 0 radical (unpaired) electrons. The zero-order chi connectivity index (χ0) is 17.8. The molecule has 26 heavy (non-hydrogen) atoms. The van der Waals surface area contributed by atoms with E-state index in [0.29, 0.717) is 24.4 Å². The van der Waals surface area contributed by atoms with Gasteiger partial charge in [-0.3, -0.25) is 4.79 Å². The van der Waals surface area contributed by atoms with E-state index in [4.69, 9.17) is 15.2 Å². The Morgan fingerprint density at radius 2 is 2.08 bits per heavy atom. The number of halogens is 1. The van der Waals surface area contributed by atoms with Crippen LogP contribution in [0, 0.1) is 13.8 Å². The fraction of sp³-hybridized carbons (Fsp3) is 0.350. The summed E-state index contributed by atoms with van der Waals surface area (Å²) in [6.45, 7) is 5.67. The maximum absolute atomic E-state index is 12.5. The van der Waals surface area contributed by atoms with Gasteiger partial charge in [-0.15, -0.1) is 12.4 Å². The van der Waals surface area contributed by atoms with Crippen LogP contribution in [0.15, 0.2) is 36.4 Å². The van der Waals surface area contributed by atoms with Crippen molar-refractivity contribution in [3.05, 3.63) is 58.7 Å². The Balaban J connectivity index is 0.00000243. The second-order valence-corrected chi connectivity index (χ2v) is 6.47. The Bertz CT molecular complexity index is 774. The largest absolute Gasteiger partial charge is 0.488 e. The predicted molar refractivity (Wildman–Crippen MR) is 105 cm³/mol.